The minimum atomic E-state index is -0.244. The molecule has 1 N–H and O–H groups in total. The van der Waals surface area contributed by atoms with Gasteiger partial charge in [0.15, 0.2) is 0 Å². The van der Waals surface area contributed by atoms with E-state index in [4.69, 9.17) is 4.74 Å². The second-order valence-corrected chi connectivity index (χ2v) is 6.03. The number of hydrogen-bond acceptors (Lipinski definition) is 2. The van der Waals surface area contributed by atoms with Gasteiger partial charge in [0.05, 0.1) is 0 Å². The van der Waals surface area contributed by atoms with Gasteiger partial charge in [0, 0.05) is 25.3 Å². The quantitative estimate of drug-likeness (QED) is 0.768. The third-order valence-corrected chi connectivity index (χ3v) is 4.57. The largest absolute Gasteiger partial charge is 0.381 e. The normalized spacial score (nSPS) is 16.6. The van der Waals surface area contributed by atoms with Gasteiger partial charge in [0.2, 0.25) is 5.91 Å². The molecule has 4 heteroatoms. The summed E-state index contributed by atoms with van der Waals surface area (Å²) in [6.45, 7) is 9.42. The lowest BCUT2D eigenvalue weighted by atomic mass is 9.79. The summed E-state index contributed by atoms with van der Waals surface area (Å²) in [5.41, 5.74) is 1.98. The third-order valence-electron chi connectivity index (χ3n) is 4.57. The molecule has 1 aromatic rings. The van der Waals surface area contributed by atoms with Crippen molar-refractivity contribution in [2.45, 2.75) is 59.3 Å². The van der Waals surface area contributed by atoms with Crippen molar-refractivity contribution in [1.29, 1.82) is 0 Å². The van der Waals surface area contributed by atoms with Crippen LogP contribution >= 0.6 is 0 Å². The first kappa shape index (κ1) is 21.4. The zero-order chi connectivity index (χ0) is 18.7. The van der Waals surface area contributed by atoms with Gasteiger partial charge in [-0.05, 0) is 55.7 Å². The van der Waals surface area contributed by atoms with Gasteiger partial charge in [-0.15, -0.1) is 0 Å². The number of rotatable bonds is 6. The molecule has 1 amide bonds. The average Bonchev–Trinajstić information content (AvgIpc) is 2.67. The summed E-state index contributed by atoms with van der Waals surface area (Å²) in [5.74, 6) is 0.289. The van der Waals surface area contributed by atoms with Crippen molar-refractivity contribution in [2.24, 2.45) is 5.92 Å². The fraction of sp³-hybridized carbons (Fsp3) is 0.571. The Hall–Kier alpha value is -1.68. The highest BCUT2D eigenvalue weighted by Gasteiger charge is 2.27. The first-order chi connectivity index (χ1) is 12.1. The molecule has 1 atom stereocenters. The van der Waals surface area contributed by atoms with E-state index < -0.39 is 0 Å². The van der Waals surface area contributed by atoms with E-state index in [0.29, 0.717) is 12.3 Å². The Morgan fingerprint density at radius 2 is 1.88 bits per heavy atom. The summed E-state index contributed by atoms with van der Waals surface area (Å²) in [6.07, 6.45) is 5.05. The molecule has 1 heterocycles. The summed E-state index contributed by atoms with van der Waals surface area (Å²) in [7, 11) is 0. The maximum Gasteiger partial charge on any atom is 0.224 e. The molecule has 1 aromatic carbocycles. The molecule has 0 aliphatic carbocycles. The maximum atomic E-state index is 13.2. The Bertz CT molecular complexity index is 533. The van der Waals surface area contributed by atoms with E-state index in [1.165, 1.54) is 12.1 Å². The van der Waals surface area contributed by atoms with Crippen molar-refractivity contribution in [3.63, 3.8) is 0 Å². The molecule has 140 valence electrons. The lowest BCUT2D eigenvalue weighted by Gasteiger charge is -2.30. The number of halogens is 1. The molecule has 0 radical (unpaired) electrons. The van der Waals surface area contributed by atoms with Crippen LogP contribution < -0.4 is 5.32 Å². The fourth-order valence-electron chi connectivity index (χ4n) is 3.18. The molecule has 1 unspecified atom stereocenters. The van der Waals surface area contributed by atoms with Crippen molar-refractivity contribution in [3.8, 4) is 0 Å². The second-order valence-electron chi connectivity index (χ2n) is 6.03. The standard InChI is InChI=1S/C19H26FNO2.C2H6/c1-3-17(4-2)21-19(22)13-18(15-9-11-23-12-10-15)14-5-7-16(20)8-6-14;1-2/h3,5-8,15,18H,4,9-13H2,1-2H3,(H,21,22);1-2H3/b17-3+;. The number of carbonyl (C=O) groups is 1. The van der Waals surface area contributed by atoms with E-state index in [0.717, 1.165) is 43.7 Å². The molecular weight excluding hydrogens is 317 g/mol. The smallest absolute Gasteiger partial charge is 0.224 e. The zero-order valence-corrected chi connectivity index (χ0v) is 16.0. The molecule has 1 aliphatic rings. The number of allylic oxidation sites excluding steroid dienone is 2. The number of carbonyl (C=O) groups excluding carboxylic acids is 1. The summed E-state index contributed by atoms with van der Waals surface area (Å²) in [4.78, 5) is 12.4. The van der Waals surface area contributed by atoms with Gasteiger partial charge in [-0.2, -0.15) is 0 Å². The van der Waals surface area contributed by atoms with Crippen LogP contribution in [0.4, 0.5) is 4.39 Å². The Kier molecular flexibility index (Phi) is 10.1. The van der Waals surface area contributed by atoms with Crippen LogP contribution in [-0.4, -0.2) is 19.1 Å². The number of hydrogen-bond donors (Lipinski definition) is 1. The van der Waals surface area contributed by atoms with E-state index in [1.54, 1.807) is 12.1 Å². The second kappa shape index (κ2) is 11.8. The monoisotopic (exact) mass is 349 g/mol. The molecule has 0 saturated carbocycles. The van der Waals surface area contributed by atoms with Gasteiger partial charge in [-0.1, -0.05) is 39.0 Å². The topological polar surface area (TPSA) is 38.3 Å². The molecule has 0 bridgehead atoms. The van der Waals surface area contributed by atoms with Crippen LogP contribution in [-0.2, 0) is 9.53 Å². The van der Waals surface area contributed by atoms with Gasteiger partial charge < -0.3 is 10.1 Å². The summed E-state index contributed by atoms with van der Waals surface area (Å²) < 4.78 is 18.7. The van der Waals surface area contributed by atoms with Crippen LogP contribution in [0.25, 0.3) is 0 Å². The fourth-order valence-corrected chi connectivity index (χ4v) is 3.18. The minimum absolute atomic E-state index is 0.0285. The van der Waals surface area contributed by atoms with Crippen molar-refractivity contribution in [2.75, 3.05) is 13.2 Å². The lowest BCUT2D eigenvalue weighted by molar-refractivity contribution is -0.121. The van der Waals surface area contributed by atoms with Crippen LogP contribution in [0.1, 0.15) is 64.9 Å². The summed E-state index contributed by atoms with van der Waals surface area (Å²) in [6, 6.07) is 6.56. The molecule has 1 saturated heterocycles. The van der Waals surface area contributed by atoms with E-state index in [1.807, 2.05) is 33.8 Å². The van der Waals surface area contributed by atoms with Crippen LogP contribution in [0.3, 0.4) is 0 Å². The highest BCUT2D eigenvalue weighted by molar-refractivity contribution is 5.78. The zero-order valence-electron chi connectivity index (χ0n) is 16.0. The Labute approximate surface area is 151 Å². The Morgan fingerprint density at radius 1 is 1.28 bits per heavy atom. The molecule has 2 rings (SSSR count). The van der Waals surface area contributed by atoms with Crippen molar-refractivity contribution in [1.82, 2.24) is 5.32 Å². The molecule has 3 nitrogen and oxygen atoms in total. The molecular formula is C21H32FNO2. The molecule has 0 aromatic heterocycles. The molecule has 0 spiro atoms. The van der Waals surface area contributed by atoms with Crippen molar-refractivity contribution >= 4 is 5.91 Å². The van der Waals surface area contributed by atoms with Crippen LogP contribution in [0.5, 0.6) is 0 Å². The SMILES string of the molecule is C/C=C(\CC)NC(=O)CC(c1ccc(F)cc1)C1CCOCC1.CC. The predicted molar refractivity (Wildman–Crippen MR) is 101 cm³/mol. The van der Waals surface area contributed by atoms with Gasteiger partial charge in [0.1, 0.15) is 5.82 Å². The van der Waals surface area contributed by atoms with Gasteiger partial charge >= 0.3 is 0 Å². The molecule has 1 fully saturated rings. The maximum absolute atomic E-state index is 13.2. The van der Waals surface area contributed by atoms with Crippen LogP contribution in [0.15, 0.2) is 36.0 Å². The highest BCUT2D eigenvalue weighted by Crippen LogP contribution is 2.35. The number of amides is 1. The first-order valence-corrected chi connectivity index (χ1v) is 9.42. The average molecular weight is 349 g/mol. The highest BCUT2D eigenvalue weighted by atomic mass is 19.1. The van der Waals surface area contributed by atoms with E-state index in [2.05, 4.69) is 5.32 Å². The van der Waals surface area contributed by atoms with E-state index >= 15 is 0 Å². The van der Waals surface area contributed by atoms with Crippen molar-refractivity contribution < 1.29 is 13.9 Å². The predicted octanol–water partition coefficient (Wildman–Crippen LogP) is 5.18. The third kappa shape index (κ3) is 6.99. The molecule has 1 aliphatic heterocycles. The minimum Gasteiger partial charge on any atom is -0.381 e. The van der Waals surface area contributed by atoms with Crippen LogP contribution in [0, 0.1) is 11.7 Å². The number of ether oxygens (including phenoxy) is 1. The first-order valence-electron chi connectivity index (χ1n) is 9.42. The Morgan fingerprint density at radius 3 is 2.40 bits per heavy atom. The van der Waals surface area contributed by atoms with E-state index in [-0.39, 0.29) is 17.6 Å². The van der Waals surface area contributed by atoms with Gasteiger partial charge in [-0.25, -0.2) is 4.39 Å². The van der Waals surface area contributed by atoms with Crippen LogP contribution in [0.2, 0.25) is 0 Å². The number of benzene rings is 1. The van der Waals surface area contributed by atoms with E-state index in [9.17, 15) is 9.18 Å². The Balaban J connectivity index is 0.00000151. The van der Waals surface area contributed by atoms with Crippen molar-refractivity contribution in [3.05, 3.63) is 47.4 Å². The van der Waals surface area contributed by atoms with Gasteiger partial charge in [0.25, 0.3) is 0 Å². The summed E-state index contributed by atoms with van der Waals surface area (Å²) in [5, 5.41) is 2.98. The summed E-state index contributed by atoms with van der Waals surface area (Å²) >= 11 is 0. The molecule has 25 heavy (non-hydrogen) atoms. The number of nitrogens with one attached hydrogen (secondary N) is 1. The van der Waals surface area contributed by atoms with Gasteiger partial charge in [-0.3, -0.25) is 4.79 Å². The lowest BCUT2D eigenvalue weighted by Crippen LogP contribution is -2.29.